The third-order valence-electron chi connectivity index (χ3n) is 1.94. The molecule has 1 rings (SSSR count). The van der Waals surface area contributed by atoms with Gasteiger partial charge < -0.3 is 14.9 Å². The first-order valence-electron chi connectivity index (χ1n) is 4.35. The fraction of sp³-hybridized carbons (Fsp3) is 0.400. The number of aryl methyl sites for hydroxylation is 1. The zero-order valence-corrected chi connectivity index (χ0v) is 7.96. The summed E-state index contributed by atoms with van der Waals surface area (Å²) in [6.45, 7) is -0.00257. The maximum absolute atomic E-state index is 13.3. The van der Waals surface area contributed by atoms with Crippen molar-refractivity contribution in [2.45, 2.75) is 12.8 Å². The number of aliphatic hydroxyl groups is 1. The molecule has 0 aromatic heterocycles. The molecule has 0 amide bonds. The average Bonchev–Trinajstić information content (AvgIpc) is 2.20. The number of hydrogen-bond acceptors (Lipinski definition) is 3. The Morgan fingerprint density at radius 3 is 2.71 bits per heavy atom. The van der Waals surface area contributed by atoms with E-state index in [1.165, 1.54) is 19.2 Å². The van der Waals surface area contributed by atoms with Gasteiger partial charge >= 0.3 is 0 Å². The van der Waals surface area contributed by atoms with E-state index < -0.39 is 11.6 Å². The number of hydrogen-bond donors (Lipinski definition) is 2. The highest BCUT2D eigenvalue weighted by atomic mass is 19.1. The van der Waals surface area contributed by atoms with Crippen LogP contribution in [0.25, 0.3) is 0 Å². The average molecular weight is 200 g/mol. The monoisotopic (exact) mass is 200 g/mol. The molecule has 0 aliphatic rings. The molecular formula is C10H13FO3. The van der Waals surface area contributed by atoms with Crippen molar-refractivity contribution in [2.24, 2.45) is 0 Å². The Kier molecular flexibility index (Phi) is 3.71. The van der Waals surface area contributed by atoms with Crippen LogP contribution in [0, 0.1) is 5.82 Å². The minimum absolute atomic E-state index is 0.00257. The highest BCUT2D eigenvalue weighted by Crippen LogP contribution is 2.26. The fourth-order valence-corrected chi connectivity index (χ4v) is 1.21. The summed E-state index contributed by atoms with van der Waals surface area (Å²) in [4.78, 5) is 0. The lowest BCUT2D eigenvalue weighted by atomic mass is 10.1. The molecule has 14 heavy (non-hydrogen) atoms. The van der Waals surface area contributed by atoms with Crippen LogP contribution in [0.3, 0.4) is 0 Å². The molecule has 78 valence electrons. The van der Waals surface area contributed by atoms with Crippen LogP contribution >= 0.6 is 0 Å². The predicted octanol–water partition coefficient (Wildman–Crippen LogP) is 1.46. The van der Waals surface area contributed by atoms with Crippen molar-refractivity contribution in [3.8, 4) is 11.5 Å². The zero-order valence-electron chi connectivity index (χ0n) is 7.96. The van der Waals surface area contributed by atoms with E-state index in [2.05, 4.69) is 0 Å². The molecule has 4 heteroatoms. The number of ether oxygens (including phenoxy) is 1. The second-order valence-electron chi connectivity index (χ2n) is 2.95. The lowest BCUT2D eigenvalue weighted by Gasteiger charge is -2.07. The van der Waals surface area contributed by atoms with Gasteiger partial charge in [0.05, 0.1) is 7.11 Å². The van der Waals surface area contributed by atoms with Crippen molar-refractivity contribution in [1.29, 1.82) is 0 Å². The maximum Gasteiger partial charge on any atom is 0.168 e. The predicted molar refractivity (Wildman–Crippen MR) is 50.0 cm³/mol. The SMILES string of the molecule is COc1cc(O)c(F)c(CCCO)c1. The Morgan fingerprint density at radius 1 is 1.43 bits per heavy atom. The smallest absolute Gasteiger partial charge is 0.168 e. The molecule has 0 unspecified atom stereocenters. The van der Waals surface area contributed by atoms with E-state index >= 15 is 0 Å². The second kappa shape index (κ2) is 4.81. The van der Waals surface area contributed by atoms with Crippen molar-refractivity contribution in [3.05, 3.63) is 23.5 Å². The number of phenolic OH excluding ortho intramolecular Hbond substituents is 1. The lowest BCUT2D eigenvalue weighted by Crippen LogP contribution is -1.95. The van der Waals surface area contributed by atoms with Crippen LogP contribution in [0.4, 0.5) is 4.39 Å². The van der Waals surface area contributed by atoms with Crippen molar-refractivity contribution >= 4 is 0 Å². The van der Waals surface area contributed by atoms with E-state index in [4.69, 9.17) is 9.84 Å². The van der Waals surface area contributed by atoms with Gasteiger partial charge in [-0.25, -0.2) is 4.39 Å². The molecular weight excluding hydrogens is 187 g/mol. The summed E-state index contributed by atoms with van der Waals surface area (Å²) in [7, 11) is 1.45. The van der Waals surface area contributed by atoms with Gasteiger partial charge in [-0.15, -0.1) is 0 Å². The summed E-state index contributed by atoms with van der Waals surface area (Å²) in [6, 6.07) is 2.74. The zero-order chi connectivity index (χ0) is 10.6. The van der Waals surface area contributed by atoms with Crippen molar-refractivity contribution in [3.63, 3.8) is 0 Å². The molecule has 0 saturated heterocycles. The molecule has 0 fully saturated rings. The number of phenols is 1. The Hall–Kier alpha value is -1.29. The van der Waals surface area contributed by atoms with Gasteiger partial charge in [0.1, 0.15) is 5.75 Å². The Morgan fingerprint density at radius 2 is 2.14 bits per heavy atom. The maximum atomic E-state index is 13.3. The summed E-state index contributed by atoms with van der Waals surface area (Å²) < 4.78 is 18.1. The number of rotatable bonds is 4. The van der Waals surface area contributed by atoms with Crippen molar-refractivity contribution in [1.82, 2.24) is 0 Å². The Labute approximate surface area is 81.8 Å². The topological polar surface area (TPSA) is 49.7 Å². The van der Waals surface area contributed by atoms with Crippen LogP contribution in [-0.4, -0.2) is 23.9 Å². The van der Waals surface area contributed by atoms with Gasteiger partial charge in [-0.2, -0.15) is 0 Å². The molecule has 0 heterocycles. The van der Waals surface area contributed by atoms with Crippen molar-refractivity contribution in [2.75, 3.05) is 13.7 Å². The molecule has 2 N–H and O–H groups in total. The van der Waals surface area contributed by atoms with Gasteiger partial charge in [-0.1, -0.05) is 0 Å². The molecule has 0 spiro atoms. The first-order valence-corrected chi connectivity index (χ1v) is 4.35. The number of benzene rings is 1. The van der Waals surface area contributed by atoms with Crippen LogP contribution in [-0.2, 0) is 6.42 Å². The standard InChI is InChI=1S/C10H13FO3/c1-14-8-5-7(3-2-4-12)10(11)9(13)6-8/h5-6,12-13H,2-4H2,1H3. The molecule has 0 atom stereocenters. The Balaban J connectivity index is 2.95. The molecule has 3 nitrogen and oxygen atoms in total. The second-order valence-corrected chi connectivity index (χ2v) is 2.95. The summed E-state index contributed by atoms with van der Waals surface area (Å²) in [6.07, 6.45) is 0.844. The van der Waals surface area contributed by atoms with Gasteiger partial charge in [0.2, 0.25) is 0 Å². The number of aromatic hydroxyl groups is 1. The quantitative estimate of drug-likeness (QED) is 0.773. The van der Waals surface area contributed by atoms with Crippen molar-refractivity contribution < 1.29 is 19.3 Å². The molecule has 0 bridgehead atoms. The number of aliphatic hydroxyl groups excluding tert-OH is 1. The highest BCUT2D eigenvalue weighted by molar-refractivity contribution is 5.39. The normalized spacial score (nSPS) is 10.2. The summed E-state index contributed by atoms with van der Waals surface area (Å²) in [5.74, 6) is -0.645. The van der Waals surface area contributed by atoms with Gasteiger partial charge in [0.15, 0.2) is 11.6 Å². The van der Waals surface area contributed by atoms with E-state index in [-0.39, 0.29) is 6.61 Å². The summed E-state index contributed by atoms with van der Waals surface area (Å²) in [5.41, 5.74) is 0.357. The van der Waals surface area contributed by atoms with Gasteiger partial charge in [-0.05, 0) is 24.5 Å². The molecule has 0 radical (unpaired) electrons. The molecule has 1 aromatic carbocycles. The van der Waals surface area contributed by atoms with E-state index in [0.29, 0.717) is 24.2 Å². The van der Waals surface area contributed by atoms with Crippen LogP contribution in [0.1, 0.15) is 12.0 Å². The largest absolute Gasteiger partial charge is 0.505 e. The minimum Gasteiger partial charge on any atom is -0.505 e. The number of methoxy groups -OCH3 is 1. The summed E-state index contributed by atoms with van der Waals surface area (Å²) >= 11 is 0. The third kappa shape index (κ3) is 2.35. The van der Waals surface area contributed by atoms with Gasteiger partial charge in [0.25, 0.3) is 0 Å². The van der Waals surface area contributed by atoms with Crippen LogP contribution in [0.15, 0.2) is 12.1 Å². The van der Waals surface area contributed by atoms with E-state index in [1.807, 2.05) is 0 Å². The first-order chi connectivity index (χ1) is 6.69. The van der Waals surface area contributed by atoms with Crippen LogP contribution in [0.5, 0.6) is 11.5 Å². The summed E-state index contributed by atoms with van der Waals surface area (Å²) in [5, 5.41) is 17.8. The van der Waals surface area contributed by atoms with Crippen LogP contribution in [0.2, 0.25) is 0 Å². The third-order valence-corrected chi connectivity index (χ3v) is 1.94. The van der Waals surface area contributed by atoms with Gasteiger partial charge in [0, 0.05) is 12.7 Å². The lowest BCUT2D eigenvalue weighted by molar-refractivity contribution is 0.287. The molecule has 0 saturated carbocycles. The minimum atomic E-state index is -0.640. The molecule has 0 aliphatic heterocycles. The van der Waals surface area contributed by atoms with E-state index in [1.54, 1.807) is 0 Å². The molecule has 0 aliphatic carbocycles. The Bertz CT molecular complexity index is 312. The van der Waals surface area contributed by atoms with Crippen LogP contribution < -0.4 is 4.74 Å². The van der Waals surface area contributed by atoms with E-state index in [0.717, 1.165) is 0 Å². The highest BCUT2D eigenvalue weighted by Gasteiger charge is 2.09. The van der Waals surface area contributed by atoms with Gasteiger partial charge in [-0.3, -0.25) is 0 Å². The number of halogens is 1. The first kappa shape index (κ1) is 10.8. The van der Waals surface area contributed by atoms with E-state index in [9.17, 15) is 9.50 Å². The fourth-order valence-electron chi connectivity index (χ4n) is 1.21. The molecule has 1 aromatic rings.